The number of aliphatic imine (C=N–C) groups is 1. The van der Waals surface area contributed by atoms with E-state index in [1.165, 1.54) is 9.46 Å². The summed E-state index contributed by atoms with van der Waals surface area (Å²) in [4.78, 5) is 4.37. The van der Waals surface area contributed by atoms with Crippen molar-refractivity contribution < 1.29 is 0 Å². The van der Waals surface area contributed by atoms with Gasteiger partial charge in [-0.05, 0) is 5.92 Å². The molecule has 1 nitrogen and oxygen atoms in total. The minimum atomic E-state index is 0.708. The topological polar surface area (TPSA) is 12.4 Å². The minimum Gasteiger partial charge on any atom is -0.271 e. The molecule has 9 heavy (non-hydrogen) atoms. The first kappa shape index (κ1) is 7.48. The Morgan fingerprint density at radius 1 is 1.56 bits per heavy atom. The number of hydrogen-bond donors (Lipinski definition) is 0. The van der Waals surface area contributed by atoms with Crippen LogP contribution in [-0.2, 0) is 0 Å². The Kier molecular flexibility index (Phi) is 2.92. The summed E-state index contributed by atoms with van der Waals surface area (Å²) >= 11 is 3.72. The molecule has 1 aliphatic heterocycles. The highest BCUT2D eigenvalue weighted by molar-refractivity contribution is 8.52. The van der Waals surface area contributed by atoms with Gasteiger partial charge in [0.2, 0.25) is 0 Å². The molecule has 0 radical (unpaired) electrons. The van der Waals surface area contributed by atoms with E-state index in [2.05, 4.69) is 18.8 Å². The maximum absolute atomic E-state index is 4.37. The molecular formula is C6H11NS2. The van der Waals surface area contributed by atoms with E-state index >= 15 is 0 Å². The molecule has 0 N–H and O–H groups in total. The van der Waals surface area contributed by atoms with Crippen LogP contribution in [0.5, 0.6) is 0 Å². The zero-order chi connectivity index (χ0) is 6.69. The fraction of sp³-hybridized carbons (Fsp3) is 0.833. The van der Waals surface area contributed by atoms with Gasteiger partial charge in [-0.1, -0.05) is 37.4 Å². The van der Waals surface area contributed by atoms with Crippen LogP contribution in [0.1, 0.15) is 13.8 Å². The second kappa shape index (κ2) is 3.52. The summed E-state index contributed by atoms with van der Waals surface area (Å²) in [6, 6.07) is 0. The van der Waals surface area contributed by atoms with Gasteiger partial charge in [0.1, 0.15) is 4.38 Å². The normalized spacial score (nSPS) is 17.9. The van der Waals surface area contributed by atoms with Crippen LogP contribution in [0.4, 0.5) is 0 Å². The molecule has 1 aliphatic rings. The van der Waals surface area contributed by atoms with Gasteiger partial charge in [-0.25, -0.2) is 0 Å². The zero-order valence-corrected chi connectivity index (χ0v) is 7.39. The molecule has 0 saturated carbocycles. The van der Waals surface area contributed by atoms with E-state index < -0.39 is 0 Å². The number of rotatable bonds is 2. The van der Waals surface area contributed by atoms with E-state index in [1.807, 2.05) is 23.5 Å². The first-order valence-corrected chi connectivity index (χ1v) is 5.06. The van der Waals surface area contributed by atoms with Crippen LogP contribution in [0, 0.1) is 5.92 Å². The summed E-state index contributed by atoms with van der Waals surface area (Å²) in [5.41, 5.74) is 0. The van der Waals surface area contributed by atoms with Gasteiger partial charge in [0.05, 0.1) is 5.08 Å². The van der Waals surface area contributed by atoms with E-state index in [9.17, 15) is 0 Å². The average molecular weight is 161 g/mol. The monoisotopic (exact) mass is 161 g/mol. The molecule has 52 valence electrons. The van der Waals surface area contributed by atoms with Crippen molar-refractivity contribution in [3.8, 4) is 0 Å². The molecule has 0 spiro atoms. The molecule has 1 rings (SSSR count). The zero-order valence-electron chi connectivity index (χ0n) is 5.76. The highest BCUT2D eigenvalue weighted by Crippen LogP contribution is 2.32. The van der Waals surface area contributed by atoms with Crippen molar-refractivity contribution in [1.82, 2.24) is 0 Å². The molecule has 0 aliphatic carbocycles. The Morgan fingerprint density at radius 3 is 2.56 bits per heavy atom. The molecule has 1 saturated heterocycles. The molecule has 0 unspecified atom stereocenters. The SMILES string of the molecule is CC(C)CN=C1SCS1. The Labute approximate surface area is 64.7 Å². The van der Waals surface area contributed by atoms with Gasteiger partial charge in [-0.2, -0.15) is 0 Å². The third kappa shape index (κ3) is 2.63. The highest BCUT2D eigenvalue weighted by Gasteiger charge is 2.10. The first-order chi connectivity index (χ1) is 4.29. The lowest BCUT2D eigenvalue weighted by molar-refractivity contribution is 0.667. The first-order valence-electron chi connectivity index (χ1n) is 3.09. The second-order valence-corrected chi connectivity index (χ2v) is 4.96. The van der Waals surface area contributed by atoms with Crippen LogP contribution in [0.3, 0.4) is 0 Å². The Bertz CT molecular complexity index is 114. The lowest BCUT2D eigenvalue weighted by Gasteiger charge is -2.12. The van der Waals surface area contributed by atoms with Gasteiger partial charge >= 0.3 is 0 Å². The maximum Gasteiger partial charge on any atom is 0.126 e. The lowest BCUT2D eigenvalue weighted by atomic mass is 10.2. The third-order valence-corrected chi connectivity index (χ3v) is 3.35. The Morgan fingerprint density at radius 2 is 2.22 bits per heavy atom. The van der Waals surface area contributed by atoms with Crippen LogP contribution in [-0.4, -0.2) is 16.0 Å². The van der Waals surface area contributed by atoms with Gasteiger partial charge in [-0.3, -0.25) is 4.99 Å². The Balaban J connectivity index is 2.15. The highest BCUT2D eigenvalue weighted by atomic mass is 32.3. The summed E-state index contributed by atoms with van der Waals surface area (Å²) in [6.07, 6.45) is 0. The van der Waals surface area contributed by atoms with Crippen molar-refractivity contribution in [2.24, 2.45) is 10.9 Å². The van der Waals surface area contributed by atoms with Crippen LogP contribution in [0.2, 0.25) is 0 Å². The predicted molar refractivity (Wildman–Crippen MR) is 47.2 cm³/mol. The quantitative estimate of drug-likeness (QED) is 0.616. The van der Waals surface area contributed by atoms with Crippen molar-refractivity contribution in [1.29, 1.82) is 0 Å². The molecule has 0 aromatic heterocycles. The molecule has 0 bridgehead atoms. The van der Waals surface area contributed by atoms with Gasteiger partial charge in [0.15, 0.2) is 0 Å². The molecule has 0 aromatic rings. The van der Waals surface area contributed by atoms with Gasteiger partial charge in [-0.15, -0.1) is 0 Å². The standard InChI is InChI=1S/C6H11NS2/c1-5(2)3-7-6-8-4-9-6/h5H,3-4H2,1-2H3. The predicted octanol–water partition coefficient (Wildman–Crippen LogP) is 2.44. The van der Waals surface area contributed by atoms with Gasteiger partial charge in [0, 0.05) is 6.54 Å². The second-order valence-electron chi connectivity index (χ2n) is 2.41. The van der Waals surface area contributed by atoms with Crippen LogP contribution < -0.4 is 0 Å². The van der Waals surface area contributed by atoms with Crippen LogP contribution in [0.25, 0.3) is 0 Å². The molecule has 1 heterocycles. The molecule has 3 heteroatoms. The summed E-state index contributed by atoms with van der Waals surface area (Å²) in [7, 11) is 0. The molecule has 0 amide bonds. The summed E-state index contributed by atoms with van der Waals surface area (Å²) < 4.78 is 1.28. The summed E-state index contributed by atoms with van der Waals surface area (Å²) in [6.45, 7) is 5.38. The largest absolute Gasteiger partial charge is 0.271 e. The fourth-order valence-electron chi connectivity index (χ4n) is 0.460. The summed E-state index contributed by atoms with van der Waals surface area (Å²) in [5, 5.41) is 1.21. The van der Waals surface area contributed by atoms with E-state index in [1.54, 1.807) is 0 Å². The molecular weight excluding hydrogens is 150 g/mol. The Hall–Kier alpha value is 0.370. The smallest absolute Gasteiger partial charge is 0.126 e. The number of thioether (sulfide) groups is 2. The fourth-order valence-corrected chi connectivity index (χ4v) is 1.68. The van der Waals surface area contributed by atoms with Crippen molar-refractivity contribution in [2.45, 2.75) is 13.8 Å². The molecule has 0 aromatic carbocycles. The van der Waals surface area contributed by atoms with Crippen molar-refractivity contribution in [3.63, 3.8) is 0 Å². The van der Waals surface area contributed by atoms with Crippen LogP contribution >= 0.6 is 23.5 Å². The molecule has 1 fully saturated rings. The summed E-state index contributed by atoms with van der Waals surface area (Å²) in [5.74, 6) is 0.708. The average Bonchev–Trinajstić information content (AvgIpc) is 1.60. The maximum atomic E-state index is 4.37. The van der Waals surface area contributed by atoms with Crippen molar-refractivity contribution >= 4 is 27.9 Å². The van der Waals surface area contributed by atoms with Crippen molar-refractivity contribution in [2.75, 3.05) is 11.6 Å². The van der Waals surface area contributed by atoms with Crippen molar-refractivity contribution in [3.05, 3.63) is 0 Å². The minimum absolute atomic E-state index is 0.708. The molecule has 0 atom stereocenters. The third-order valence-electron chi connectivity index (χ3n) is 0.950. The van der Waals surface area contributed by atoms with E-state index in [0.29, 0.717) is 5.92 Å². The number of nitrogens with zero attached hydrogens (tertiary/aromatic N) is 1. The van der Waals surface area contributed by atoms with E-state index in [0.717, 1.165) is 6.54 Å². The van der Waals surface area contributed by atoms with Gasteiger partial charge < -0.3 is 0 Å². The van der Waals surface area contributed by atoms with E-state index in [4.69, 9.17) is 0 Å². The lowest BCUT2D eigenvalue weighted by Crippen LogP contribution is -2.02. The van der Waals surface area contributed by atoms with Crippen LogP contribution in [0.15, 0.2) is 4.99 Å². The van der Waals surface area contributed by atoms with E-state index in [-0.39, 0.29) is 0 Å². The number of hydrogen-bond acceptors (Lipinski definition) is 3. The van der Waals surface area contributed by atoms with Gasteiger partial charge in [0.25, 0.3) is 0 Å².